The maximum Gasteiger partial charge on any atom is 0.122 e. The number of alkyl halides is 1. The van der Waals surface area contributed by atoms with E-state index in [2.05, 4.69) is 6.58 Å². The first-order chi connectivity index (χ1) is 5.04. The molecule has 0 bridgehead atoms. The molecule has 0 N–H and O–H groups in total. The molecule has 62 valence electrons. The van der Waals surface area contributed by atoms with Crippen LogP contribution in [0.4, 0.5) is 8.78 Å². The van der Waals surface area contributed by atoms with Gasteiger partial charge < -0.3 is 0 Å². The van der Waals surface area contributed by atoms with Crippen molar-refractivity contribution in [1.29, 1.82) is 0 Å². The van der Waals surface area contributed by atoms with Gasteiger partial charge in [-0.1, -0.05) is 18.7 Å². The Morgan fingerprint density at radius 3 is 2.45 bits per heavy atom. The standard InChI is InChI=1S/C9H12F2/c1-7(9(3)11)5-4-6-8(2)10/h4-6,9H,1H2,2-3H3/b5-4-,8-6+. The number of hydrogen-bond donors (Lipinski definition) is 0. The summed E-state index contributed by atoms with van der Waals surface area (Å²) in [5.74, 6) is -0.305. The summed E-state index contributed by atoms with van der Waals surface area (Å²) < 4.78 is 24.4. The molecule has 0 saturated heterocycles. The minimum atomic E-state index is -1.07. The van der Waals surface area contributed by atoms with Crippen LogP contribution in [0.1, 0.15) is 13.8 Å². The Morgan fingerprint density at radius 1 is 1.55 bits per heavy atom. The van der Waals surface area contributed by atoms with E-state index in [4.69, 9.17) is 0 Å². The summed E-state index contributed by atoms with van der Waals surface area (Å²) in [6.07, 6.45) is 3.08. The Morgan fingerprint density at radius 2 is 2.09 bits per heavy atom. The average Bonchev–Trinajstić information content (AvgIpc) is 1.86. The number of rotatable bonds is 3. The highest BCUT2D eigenvalue weighted by Crippen LogP contribution is 2.05. The molecule has 0 aromatic rings. The van der Waals surface area contributed by atoms with Gasteiger partial charge in [-0.2, -0.15) is 0 Å². The monoisotopic (exact) mass is 158 g/mol. The van der Waals surface area contributed by atoms with Gasteiger partial charge >= 0.3 is 0 Å². The smallest absolute Gasteiger partial charge is 0.122 e. The molecule has 0 spiro atoms. The lowest BCUT2D eigenvalue weighted by Crippen LogP contribution is -1.92. The second-order valence-electron chi connectivity index (χ2n) is 2.30. The Hall–Kier alpha value is -0.920. The summed E-state index contributed by atoms with van der Waals surface area (Å²) in [5.41, 5.74) is 0.350. The minimum absolute atomic E-state index is 0.305. The Labute approximate surface area is 65.9 Å². The molecule has 11 heavy (non-hydrogen) atoms. The van der Waals surface area contributed by atoms with Gasteiger partial charge in [-0.15, -0.1) is 0 Å². The molecule has 0 aliphatic carbocycles. The Bertz CT molecular complexity index is 184. The third-order valence-electron chi connectivity index (χ3n) is 1.15. The van der Waals surface area contributed by atoms with E-state index >= 15 is 0 Å². The maximum atomic E-state index is 12.4. The fourth-order valence-corrected chi connectivity index (χ4v) is 0.437. The summed E-state index contributed by atoms with van der Waals surface area (Å²) in [7, 11) is 0. The fourth-order valence-electron chi connectivity index (χ4n) is 0.437. The van der Waals surface area contributed by atoms with Gasteiger partial charge in [0.05, 0.1) is 5.83 Å². The molecule has 0 nitrogen and oxygen atoms in total. The lowest BCUT2D eigenvalue weighted by molar-refractivity contribution is 0.418. The molecule has 0 amide bonds. The number of hydrogen-bond acceptors (Lipinski definition) is 0. The van der Waals surface area contributed by atoms with Crippen molar-refractivity contribution in [2.75, 3.05) is 0 Å². The van der Waals surface area contributed by atoms with Crippen LogP contribution in [0.15, 0.2) is 36.2 Å². The molecule has 0 fully saturated rings. The first kappa shape index (κ1) is 10.1. The van der Waals surface area contributed by atoms with Gasteiger partial charge in [0.2, 0.25) is 0 Å². The van der Waals surface area contributed by atoms with Crippen molar-refractivity contribution in [3.05, 3.63) is 36.2 Å². The third kappa shape index (κ3) is 5.52. The van der Waals surface area contributed by atoms with E-state index in [0.717, 1.165) is 0 Å². The van der Waals surface area contributed by atoms with E-state index in [1.807, 2.05) is 0 Å². The lowest BCUT2D eigenvalue weighted by Gasteiger charge is -1.97. The second kappa shape index (κ2) is 4.83. The van der Waals surface area contributed by atoms with Crippen LogP contribution in [-0.2, 0) is 0 Å². The highest BCUT2D eigenvalue weighted by molar-refractivity contribution is 5.22. The first-order valence-corrected chi connectivity index (χ1v) is 3.37. The van der Waals surface area contributed by atoms with Crippen molar-refractivity contribution in [2.24, 2.45) is 0 Å². The van der Waals surface area contributed by atoms with Crippen molar-refractivity contribution in [1.82, 2.24) is 0 Å². The molecule has 0 heterocycles. The van der Waals surface area contributed by atoms with Crippen LogP contribution in [0.25, 0.3) is 0 Å². The molecule has 0 aliphatic rings. The molecule has 0 saturated carbocycles. The normalized spacial score (nSPS) is 15.5. The van der Waals surface area contributed by atoms with Gasteiger partial charge in [0.1, 0.15) is 6.17 Å². The minimum Gasteiger partial charge on any atom is -0.243 e. The molecule has 0 rings (SSSR count). The highest BCUT2D eigenvalue weighted by Gasteiger charge is 1.97. The van der Waals surface area contributed by atoms with Gasteiger partial charge in [0.15, 0.2) is 0 Å². The highest BCUT2D eigenvalue weighted by atomic mass is 19.1. The van der Waals surface area contributed by atoms with Crippen molar-refractivity contribution in [2.45, 2.75) is 20.0 Å². The second-order valence-corrected chi connectivity index (χ2v) is 2.30. The van der Waals surface area contributed by atoms with E-state index in [0.29, 0.717) is 5.57 Å². The summed E-state index contributed by atoms with van der Waals surface area (Å²) in [6, 6.07) is 0. The van der Waals surface area contributed by atoms with E-state index in [9.17, 15) is 8.78 Å². The third-order valence-corrected chi connectivity index (χ3v) is 1.15. The molecule has 0 radical (unpaired) electrons. The zero-order chi connectivity index (χ0) is 8.85. The molecule has 0 aliphatic heterocycles. The Kier molecular flexibility index (Phi) is 4.42. The predicted octanol–water partition coefficient (Wildman–Crippen LogP) is 3.33. The zero-order valence-electron chi connectivity index (χ0n) is 6.77. The van der Waals surface area contributed by atoms with Gasteiger partial charge in [-0.05, 0) is 25.5 Å². The molecular weight excluding hydrogens is 146 g/mol. The Balaban J connectivity index is 3.95. The summed E-state index contributed by atoms with van der Waals surface area (Å²) in [4.78, 5) is 0. The topological polar surface area (TPSA) is 0 Å². The van der Waals surface area contributed by atoms with Crippen molar-refractivity contribution >= 4 is 0 Å². The van der Waals surface area contributed by atoms with Gasteiger partial charge in [-0.25, -0.2) is 8.78 Å². The number of allylic oxidation sites excluding steroid dienone is 5. The van der Waals surface area contributed by atoms with E-state index in [1.54, 1.807) is 0 Å². The quantitative estimate of drug-likeness (QED) is 0.552. The van der Waals surface area contributed by atoms with Crippen LogP contribution in [0.3, 0.4) is 0 Å². The SMILES string of the molecule is C=C(/C=C\C=C(/C)F)C(C)F. The van der Waals surface area contributed by atoms with Gasteiger partial charge in [0.25, 0.3) is 0 Å². The summed E-state index contributed by atoms with van der Waals surface area (Å²) >= 11 is 0. The first-order valence-electron chi connectivity index (χ1n) is 3.37. The van der Waals surface area contributed by atoms with Crippen LogP contribution in [0.5, 0.6) is 0 Å². The molecule has 0 aromatic carbocycles. The van der Waals surface area contributed by atoms with Crippen molar-refractivity contribution in [3.8, 4) is 0 Å². The van der Waals surface area contributed by atoms with Crippen molar-refractivity contribution < 1.29 is 8.78 Å². The van der Waals surface area contributed by atoms with Crippen LogP contribution in [0, 0.1) is 0 Å². The summed E-state index contributed by atoms with van der Waals surface area (Å²) in [5, 5.41) is 0. The van der Waals surface area contributed by atoms with Crippen LogP contribution in [-0.4, -0.2) is 6.17 Å². The predicted molar refractivity (Wildman–Crippen MR) is 43.7 cm³/mol. The van der Waals surface area contributed by atoms with Gasteiger partial charge in [0, 0.05) is 0 Å². The van der Waals surface area contributed by atoms with E-state index in [1.165, 1.54) is 32.1 Å². The number of halogens is 2. The molecule has 1 atom stereocenters. The van der Waals surface area contributed by atoms with Gasteiger partial charge in [-0.3, -0.25) is 0 Å². The van der Waals surface area contributed by atoms with Crippen LogP contribution in [0.2, 0.25) is 0 Å². The average molecular weight is 158 g/mol. The zero-order valence-corrected chi connectivity index (χ0v) is 6.77. The summed E-state index contributed by atoms with van der Waals surface area (Å²) in [6.45, 7) is 6.15. The maximum absolute atomic E-state index is 12.4. The lowest BCUT2D eigenvalue weighted by atomic mass is 10.2. The largest absolute Gasteiger partial charge is 0.243 e. The van der Waals surface area contributed by atoms with Crippen LogP contribution >= 0.6 is 0 Å². The van der Waals surface area contributed by atoms with Crippen molar-refractivity contribution in [3.63, 3.8) is 0 Å². The fraction of sp³-hybridized carbons (Fsp3) is 0.333. The van der Waals surface area contributed by atoms with Crippen LogP contribution < -0.4 is 0 Å². The molecule has 0 aromatic heterocycles. The van der Waals surface area contributed by atoms with E-state index in [-0.39, 0.29) is 5.83 Å². The molecular formula is C9H12F2. The van der Waals surface area contributed by atoms with E-state index < -0.39 is 6.17 Å². The molecule has 2 heteroatoms. The molecule has 1 unspecified atom stereocenters.